The van der Waals surface area contributed by atoms with Gasteiger partial charge in [0.15, 0.2) is 0 Å². The summed E-state index contributed by atoms with van der Waals surface area (Å²) in [5.41, 5.74) is 0. The van der Waals surface area contributed by atoms with Gasteiger partial charge >= 0.3 is 0 Å². The number of nitrogens with one attached hydrogen (secondary N) is 1. The van der Waals surface area contributed by atoms with Crippen molar-refractivity contribution in [3.05, 3.63) is 0 Å². The van der Waals surface area contributed by atoms with Gasteiger partial charge in [0.25, 0.3) is 0 Å². The molecule has 0 radical (unpaired) electrons. The van der Waals surface area contributed by atoms with Gasteiger partial charge in [0.05, 0.1) is 6.10 Å². The van der Waals surface area contributed by atoms with E-state index in [2.05, 4.69) is 17.1 Å². The van der Waals surface area contributed by atoms with Crippen LogP contribution >= 0.6 is 0 Å². The number of aliphatic hydroxyl groups is 1. The van der Waals surface area contributed by atoms with Crippen LogP contribution in [-0.2, 0) is 0 Å². The van der Waals surface area contributed by atoms with Crippen molar-refractivity contribution in [1.29, 1.82) is 0 Å². The van der Waals surface area contributed by atoms with Crippen LogP contribution in [0.5, 0.6) is 0 Å². The van der Waals surface area contributed by atoms with Crippen LogP contribution in [0.2, 0.25) is 0 Å². The summed E-state index contributed by atoms with van der Waals surface area (Å²) in [5, 5.41) is 12.3. The smallest absolute Gasteiger partial charge is 0.0636 e. The first-order valence-corrected chi connectivity index (χ1v) is 5.79. The van der Waals surface area contributed by atoms with Gasteiger partial charge < -0.3 is 15.3 Å². The second-order valence-corrected chi connectivity index (χ2v) is 4.58. The molecular weight excluding hydrogens is 176 g/mol. The molecule has 1 unspecified atom stereocenters. The van der Waals surface area contributed by atoms with Crippen molar-refractivity contribution in [3.63, 3.8) is 0 Å². The molecule has 1 rings (SSSR count). The quantitative estimate of drug-likeness (QED) is 0.641. The molecule has 14 heavy (non-hydrogen) atoms. The summed E-state index contributed by atoms with van der Waals surface area (Å²) < 4.78 is 0. The molecule has 0 aromatic carbocycles. The average molecular weight is 200 g/mol. The van der Waals surface area contributed by atoms with Crippen LogP contribution in [0.1, 0.15) is 26.7 Å². The van der Waals surface area contributed by atoms with Crippen LogP contribution in [-0.4, -0.2) is 48.8 Å². The first kappa shape index (κ1) is 12.0. The minimum atomic E-state index is -0.226. The lowest BCUT2D eigenvalue weighted by molar-refractivity contribution is 0.175. The van der Waals surface area contributed by atoms with E-state index < -0.39 is 0 Å². The second-order valence-electron chi connectivity index (χ2n) is 4.58. The Morgan fingerprint density at radius 1 is 1.43 bits per heavy atom. The van der Waals surface area contributed by atoms with Gasteiger partial charge in [-0.2, -0.15) is 0 Å². The predicted molar refractivity (Wildman–Crippen MR) is 59.4 cm³/mol. The molecule has 3 heteroatoms. The standard InChI is InChI=1S/C11H24N2O/c1-10-3-6-13(7-4-10)8-5-12-9-11(2)14/h10-12,14H,3-9H2,1-2H3. The van der Waals surface area contributed by atoms with Gasteiger partial charge in [-0.1, -0.05) is 6.92 Å². The van der Waals surface area contributed by atoms with Crippen LogP contribution in [0.4, 0.5) is 0 Å². The molecule has 1 atom stereocenters. The minimum Gasteiger partial charge on any atom is -0.392 e. The molecule has 1 saturated heterocycles. The Hall–Kier alpha value is -0.120. The van der Waals surface area contributed by atoms with Gasteiger partial charge in [-0.3, -0.25) is 0 Å². The largest absolute Gasteiger partial charge is 0.392 e. The molecule has 0 spiro atoms. The maximum atomic E-state index is 9.05. The number of piperidine rings is 1. The van der Waals surface area contributed by atoms with Gasteiger partial charge in [0.1, 0.15) is 0 Å². The lowest BCUT2D eigenvalue weighted by atomic mass is 9.99. The zero-order chi connectivity index (χ0) is 10.4. The Labute approximate surface area is 87.5 Å². The molecule has 0 bridgehead atoms. The molecule has 1 aliphatic rings. The number of aliphatic hydroxyl groups excluding tert-OH is 1. The molecule has 3 nitrogen and oxygen atoms in total. The van der Waals surface area contributed by atoms with Crippen molar-refractivity contribution in [2.75, 3.05) is 32.7 Å². The first-order chi connectivity index (χ1) is 6.68. The Morgan fingerprint density at radius 2 is 2.07 bits per heavy atom. The number of rotatable bonds is 5. The third-order valence-corrected chi connectivity index (χ3v) is 2.92. The predicted octanol–water partition coefficient (Wildman–Crippen LogP) is 0.689. The molecule has 0 aliphatic carbocycles. The van der Waals surface area contributed by atoms with E-state index >= 15 is 0 Å². The number of nitrogens with zero attached hydrogens (tertiary/aromatic N) is 1. The van der Waals surface area contributed by atoms with Crippen LogP contribution in [0.3, 0.4) is 0 Å². The Balaban J connectivity index is 1.96. The third kappa shape index (κ3) is 4.94. The number of hydrogen-bond acceptors (Lipinski definition) is 3. The zero-order valence-corrected chi connectivity index (χ0v) is 9.50. The Bertz CT molecular complexity index is 142. The highest BCUT2D eigenvalue weighted by atomic mass is 16.3. The van der Waals surface area contributed by atoms with Crippen LogP contribution in [0, 0.1) is 5.92 Å². The molecule has 0 aromatic rings. The highest BCUT2D eigenvalue weighted by Gasteiger charge is 2.14. The van der Waals surface area contributed by atoms with Crippen molar-refractivity contribution in [2.24, 2.45) is 5.92 Å². The van der Waals surface area contributed by atoms with Gasteiger partial charge in [-0.05, 0) is 38.8 Å². The number of hydrogen-bond donors (Lipinski definition) is 2. The first-order valence-electron chi connectivity index (χ1n) is 5.79. The molecule has 0 amide bonds. The van der Waals surface area contributed by atoms with E-state index in [0.717, 1.165) is 19.0 Å². The molecular formula is C11H24N2O. The summed E-state index contributed by atoms with van der Waals surface area (Å²) >= 11 is 0. The Morgan fingerprint density at radius 3 is 2.64 bits per heavy atom. The molecule has 1 heterocycles. The molecule has 2 N–H and O–H groups in total. The zero-order valence-electron chi connectivity index (χ0n) is 9.50. The van der Waals surface area contributed by atoms with E-state index in [1.165, 1.54) is 25.9 Å². The van der Waals surface area contributed by atoms with E-state index in [0.29, 0.717) is 6.54 Å². The normalized spacial score (nSPS) is 22.5. The van der Waals surface area contributed by atoms with E-state index in [1.54, 1.807) is 0 Å². The molecule has 84 valence electrons. The van der Waals surface area contributed by atoms with E-state index in [9.17, 15) is 0 Å². The fraction of sp³-hybridized carbons (Fsp3) is 1.00. The Kier molecular flexibility index (Phi) is 5.45. The fourth-order valence-corrected chi connectivity index (χ4v) is 1.83. The topological polar surface area (TPSA) is 35.5 Å². The van der Waals surface area contributed by atoms with E-state index in [1.807, 2.05) is 6.92 Å². The summed E-state index contributed by atoms with van der Waals surface area (Å²) in [5.74, 6) is 0.914. The lowest BCUT2D eigenvalue weighted by Gasteiger charge is -2.30. The molecule has 0 aromatic heterocycles. The highest BCUT2D eigenvalue weighted by Crippen LogP contribution is 2.14. The maximum absolute atomic E-state index is 9.05. The van der Waals surface area contributed by atoms with Gasteiger partial charge in [0, 0.05) is 19.6 Å². The van der Waals surface area contributed by atoms with Crippen LogP contribution in [0.25, 0.3) is 0 Å². The SMILES string of the molecule is CC(O)CNCCN1CCC(C)CC1. The molecule has 0 saturated carbocycles. The van der Waals surface area contributed by atoms with Crippen molar-refractivity contribution in [1.82, 2.24) is 10.2 Å². The fourth-order valence-electron chi connectivity index (χ4n) is 1.83. The lowest BCUT2D eigenvalue weighted by Crippen LogP contribution is -2.39. The number of likely N-dealkylation sites (tertiary alicyclic amines) is 1. The summed E-state index contributed by atoms with van der Waals surface area (Å²) in [6.07, 6.45) is 2.46. The third-order valence-electron chi connectivity index (χ3n) is 2.92. The van der Waals surface area contributed by atoms with Crippen molar-refractivity contribution < 1.29 is 5.11 Å². The second kappa shape index (κ2) is 6.38. The van der Waals surface area contributed by atoms with Crippen molar-refractivity contribution >= 4 is 0 Å². The highest BCUT2D eigenvalue weighted by molar-refractivity contribution is 4.70. The van der Waals surface area contributed by atoms with Gasteiger partial charge in [0.2, 0.25) is 0 Å². The van der Waals surface area contributed by atoms with Gasteiger partial charge in [-0.15, -0.1) is 0 Å². The minimum absolute atomic E-state index is 0.226. The summed E-state index contributed by atoms with van der Waals surface area (Å²) in [6.45, 7) is 9.48. The van der Waals surface area contributed by atoms with E-state index in [4.69, 9.17) is 5.11 Å². The maximum Gasteiger partial charge on any atom is 0.0636 e. The van der Waals surface area contributed by atoms with E-state index in [-0.39, 0.29) is 6.10 Å². The van der Waals surface area contributed by atoms with Crippen LogP contribution < -0.4 is 5.32 Å². The summed E-state index contributed by atoms with van der Waals surface area (Å²) in [4.78, 5) is 2.51. The van der Waals surface area contributed by atoms with Crippen molar-refractivity contribution in [3.8, 4) is 0 Å². The monoisotopic (exact) mass is 200 g/mol. The summed E-state index contributed by atoms with van der Waals surface area (Å²) in [7, 11) is 0. The average Bonchev–Trinajstić information content (AvgIpc) is 2.15. The summed E-state index contributed by atoms with van der Waals surface area (Å²) in [6, 6.07) is 0. The molecule has 1 fully saturated rings. The van der Waals surface area contributed by atoms with Crippen LogP contribution in [0.15, 0.2) is 0 Å². The van der Waals surface area contributed by atoms with Gasteiger partial charge in [-0.25, -0.2) is 0 Å². The van der Waals surface area contributed by atoms with Crippen molar-refractivity contribution in [2.45, 2.75) is 32.8 Å². The molecule has 1 aliphatic heterocycles.